The van der Waals surface area contributed by atoms with E-state index < -0.39 is 59.6 Å². The van der Waals surface area contributed by atoms with Crippen molar-refractivity contribution in [3.8, 4) is 0 Å². The number of carbonyl (C=O) groups is 8. The average molecular weight is 895 g/mol. The van der Waals surface area contributed by atoms with E-state index >= 15 is 0 Å². The fourth-order valence-corrected chi connectivity index (χ4v) is 6.38. The molecule has 24 nitrogen and oxygen atoms in total. The Morgan fingerprint density at radius 3 is 1.78 bits per heavy atom. The highest BCUT2D eigenvalue weighted by Gasteiger charge is 2.32. The number of Topliss-reactive ketones (excluding diaryl/α,β-unsaturated/α-hetero) is 2. The van der Waals surface area contributed by atoms with Gasteiger partial charge in [0.05, 0.1) is 48.8 Å². The molecule has 9 N–H and O–H groups in total. The number of rotatable bonds is 20. The molecule has 0 aliphatic carbocycles. The van der Waals surface area contributed by atoms with Crippen molar-refractivity contribution >= 4 is 106 Å². The lowest BCUT2D eigenvalue weighted by atomic mass is 9.94. The number of hydrogen-bond acceptors (Lipinski definition) is 17. The molecule has 0 fully saturated rings. The third kappa shape index (κ3) is 13.5. The summed E-state index contributed by atoms with van der Waals surface area (Å²) in [5.41, 5.74) is 8.52. The largest absolute Gasteiger partial charge is 0.481 e. The minimum Gasteiger partial charge on any atom is -0.481 e. The van der Waals surface area contributed by atoms with Gasteiger partial charge in [-0.3, -0.25) is 59.1 Å². The Morgan fingerprint density at radius 2 is 1.25 bits per heavy atom. The normalized spacial score (nSPS) is 18.0. The van der Waals surface area contributed by atoms with Crippen LogP contribution in [-0.4, -0.2) is 147 Å². The number of amidine groups is 2. The summed E-state index contributed by atoms with van der Waals surface area (Å²) >= 11 is 0. The zero-order valence-electron chi connectivity index (χ0n) is 34.4. The molecule has 2 amide bonds. The summed E-state index contributed by atoms with van der Waals surface area (Å²) in [5.74, 6) is -8.58. The van der Waals surface area contributed by atoms with Gasteiger partial charge in [0, 0.05) is 55.2 Å². The molecular formula is C41H42N12O12. The summed E-state index contributed by atoms with van der Waals surface area (Å²) in [5, 5.41) is 48.7. The van der Waals surface area contributed by atoms with Crippen molar-refractivity contribution in [2.75, 3.05) is 30.4 Å². The average Bonchev–Trinajstić information content (AvgIpc) is 3.26. The van der Waals surface area contributed by atoms with Crippen LogP contribution in [0, 0.1) is 17.2 Å². The van der Waals surface area contributed by atoms with E-state index in [4.69, 9.17) is 21.4 Å². The van der Waals surface area contributed by atoms with Crippen LogP contribution in [0.15, 0.2) is 83.5 Å². The maximum absolute atomic E-state index is 12.5. The molecule has 0 spiro atoms. The fourth-order valence-electron chi connectivity index (χ4n) is 6.38. The van der Waals surface area contributed by atoms with Crippen molar-refractivity contribution in [3.63, 3.8) is 0 Å². The standard InChI is InChI=1S/C21H22N6O6.C20H20N6O6/c1-27(10-13-9-23-18-17(24-13)19(31)26-21(22)25-18)14-5-2-11(3-6-14)15(28)8-12(20(32)33)4-7-16(29)30;21-20-25-17-16(18(30)26-20)24-13(9-23-17)8-22-12-4-1-10(2-5-12)14(27)7-11(19(31)32)3-6-15(28)29/h2-3,5-6,9,12,17H,4,7-8,10H2,1H3,(H,29,30)(H,32,33)(H2,22,26,31);1-2,4-5,9,11,16,22H,3,6-8H2,(H,28,29)(H,31,32)(H2,21,26,30)/t12-,17?;11-,16?/m11/s1. The van der Waals surface area contributed by atoms with Crippen molar-refractivity contribution < 1.29 is 58.8 Å². The fraction of sp³-hybridized carbons (Fsp3) is 0.317. The van der Waals surface area contributed by atoms with Gasteiger partial charge in [0.25, 0.3) is 11.8 Å². The zero-order valence-corrected chi connectivity index (χ0v) is 34.4. The Kier molecular flexibility index (Phi) is 15.8. The number of hydrogen-bond donors (Lipinski definition) is 8. The highest BCUT2D eigenvalue weighted by molar-refractivity contribution is 6.39. The van der Waals surface area contributed by atoms with Gasteiger partial charge in [0.1, 0.15) is 0 Å². The second kappa shape index (κ2) is 21.6. The SMILES string of the molecule is CN(CC1=NC2C(=O)NC(=N)N=C2N=C1)c1ccc(C(=O)C[C@@H](CCC(=O)O)C(=O)O)cc1.NC1=NC(=O)C2N=C(CNc3ccc(C(=O)C[C@@H](CCC(=O)O)C(=O)O)cc3)C=NC2=N1. The quantitative estimate of drug-likeness (QED) is 0.0860. The van der Waals surface area contributed by atoms with Gasteiger partial charge in [0.15, 0.2) is 35.3 Å². The van der Waals surface area contributed by atoms with Gasteiger partial charge in [-0.15, -0.1) is 0 Å². The first-order valence-corrected chi connectivity index (χ1v) is 19.6. The minimum atomic E-state index is -1.20. The summed E-state index contributed by atoms with van der Waals surface area (Å²) in [6.45, 7) is 0.574. The number of amides is 2. The van der Waals surface area contributed by atoms with Crippen LogP contribution in [0.2, 0.25) is 0 Å². The maximum atomic E-state index is 12.5. The summed E-state index contributed by atoms with van der Waals surface area (Å²) in [7, 11) is 1.79. The summed E-state index contributed by atoms with van der Waals surface area (Å²) in [4.78, 5) is 123. The molecular weight excluding hydrogens is 853 g/mol. The Hall–Kier alpha value is -8.44. The number of anilines is 2. The van der Waals surface area contributed by atoms with Gasteiger partial charge in [-0.1, -0.05) is 0 Å². The number of nitrogens with two attached hydrogens (primary N) is 1. The first-order valence-electron chi connectivity index (χ1n) is 19.6. The van der Waals surface area contributed by atoms with E-state index in [1.807, 2.05) is 4.90 Å². The van der Waals surface area contributed by atoms with Crippen LogP contribution in [0.5, 0.6) is 0 Å². The Labute approximate surface area is 368 Å². The van der Waals surface area contributed by atoms with E-state index in [1.165, 1.54) is 12.4 Å². The van der Waals surface area contributed by atoms with Gasteiger partial charge in [-0.05, 0) is 61.4 Å². The molecule has 24 heteroatoms. The lowest BCUT2D eigenvalue weighted by Crippen LogP contribution is -2.48. The molecule has 2 aromatic carbocycles. The number of ketones is 2. The zero-order chi connectivity index (χ0) is 47.4. The number of aliphatic carboxylic acids is 4. The van der Waals surface area contributed by atoms with Crippen LogP contribution in [0.1, 0.15) is 59.2 Å². The van der Waals surface area contributed by atoms with Gasteiger partial charge in [0.2, 0.25) is 11.9 Å². The first kappa shape index (κ1) is 47.6. The van der Waals surface area contributed by atoms with Crippen LogP contribution < -0.4 is 21.3 Å². The molecule has 0 saturated heterocycles. The van der Waals surface area contributed by atoms with E-state index in [9.17, 15) is 48.6 Å². The van der Waals surface area contributed by atoms with Crippen LogP contribution in [0.25, 0.3) is 0 Å². The van der Waals surface area contributed by atoms with Crippen LogP contribution in [0.4, 0.5) is 11.4 Å². The molecule has 0 radical (unpaired) electrons. The Bertz CT molecular complexity index is 2510. The van der Waals surface area contributed by atoms with Crippen molar-refractivity contribution in [1.29, 1.82) is 5.41 Å². The van der Waals surface area contributed by atoms with Crippen LogP contribution >= 0.6 is 0 Å². The number of carbonyl (C=O) groups excluding carboxylic acids is 4. The van der Waals surface area contributed by atoms with E-state index in [-0.39, 0.29) is 80.2 Å². The molecule has 65 heavy (non-hydrogen) atoms. The Morgan fingerprint density at radius 1 is 0.738 bits per heavy atom. The molecule has 4 heterocycles. The molecule has 338 valence electrons. The van der Waals surface area contributed by atoms with E-state index in [1.54, 1.807) is 55.6 Å². The van der Waals surface area contributed by atoms with Crippen molar-refractivity contribution in [2.45, 2.75) is 50.6 Å². The summed E-state index contributed by atoms with van der Waals surface area (Å²) < 4.78 is 0. The van der Waals surface area contributed by atoms with Gasteiger partial charge < -0.3 is 36.4 Å². The second-order valence-corrected chi connectivity index (χ2v) is 14.7. The van der Waals surface area contributed by atoms with E-state index in [0.29, 0.717) is 34.8 Å². The molecule has 2 aromatic rings. The first-order chi connectivity index (χ1) is 30.9. The number of fused-ring (bicyclic) bond motifs is 2. The number of carboxylic acid groups (broad SMARTS) is 4. The molecule has 6 rings (SSSR count). The summed E-state index contributed by atoms with van der Waals surface area (Å²) in [6, 6.07) is 11.1. The molecule has 4 aliphatic heterocycles. The monoisotopic (exact) mass is 894 g/mol. The lowest BCUT2D eigenvalue weighted by Gasteiger charge is -2.24. The highest BCUT2D eigenvalue weighted by atomic mass is 16.4. The minimum absolute atomic E-state index is 0.118. The Balaban J connectivity index is 0.000000244. The van der Waals surface area contributed by atoms with Gasteiger partial charge in [-0.25, -0.2) is 9.98 Å². The van der Waals surface area contributed by atoms with E-state index in [0.717, 1.165) is 5.69 Å². The third-order valence-electron chi connectivity index (χ3n) is 9.86. The molecule has 0 saturated carbocycles. The van der Waals surface area contributed by atoms with Crippen LogP contribution in [-0.2, 0) is 28.8 Å². The number of nitrogens with zero attached hydrogens (tertiary/aromatic N) is 8. The number of guanidine groups is 2. The molecule has 0 aromatic heterocycles. The molecule has 4 atom stereocenters. The molecule has 4 aliphatic rings. The molecule has 0 bridgehead atoms. The van der Waals surface area contributed by atoms with Crippen molar-refractivity contribution in [2.24, 2.45) is 52.5 Å². The smallest absolute Gasteiger partial charge is 0.306 e. The van der Waals surface area contributed by atoms with E-state index in [2.05, 4.69) is 45.6 Å². The van der Waals surface area contributed by atoms with Crippen molar-refractivity contribution in [1.82, 2.24) is 5.32 Å². The summed E-state index contributed by atoms with van der Waals surface area (Å²) in [6.07, 6.45) is 1.51. The lowest BCUT2D eigenvalue weighted by molar-refractivity contribution is -0.144. The molecule has 2 unspecified atom stereocenters. The number of nitrogens with one attached hydrogen (secondary N) is 3. The topological polar surface area (TPSA) is 381 Å². The predicted octanol–water partition coefficient (Wildman–Crippen LogP) is 1.00. The third-order valence-corrected chi connectivity index (χ3v) is 9.86. The predicted molar refractivity (Wildman–Crippen MR) is 235 cm³/mol. The number of aliphatic imine (C=N–C) groups is 7. The van der Waals surface area contributed by atoms with Crippen LogP contribution in [0.3, 0.4) is 0 Å². The number of benzene rings is 2. The van der Waals surface area contributed by atoms with Gasteiger partial charge >= 0.3 is 23.9 Å². The second-order valence-electron chi connectivity index (χ2n) is 14.7. The van der Waals surface area contributed by atoms with Crippen molar-refractivity contribution in [3.05, 3.63) is 59.7 Å². The number of carboxylic acids is 4. The highest BCUT2D eigenvalue weighted by Crippen LogP contribution is 2.21. The maximum Gasteiger partial charge on any atom is 0.306 e. The van der Waals surface area contributed by atoms with Gasteiger partial charge in [-0.2, -0.15) is 15.0 Å².